The van der Waals surface area contributed by atoms with Gasteiger partial charge in [0.1, 0.15) is 5.75 Å². The molecule has 1 aliphatic rings. The van der Waals surface area contributed by atoms with Crippen LogP contribution in [0.1, 0.15) is 5.56 Å². The Hall–Kier alpha value is -1.50. The summed E-state index contributed by atoms with van der Waals surface area (Å²) in [6, 6.07) is 3.60. The van der Waals surface area contributed by atoms with Gasteiger partial charge in [-0.2, -0.15) is 0 Å². The molecule has 2 rings (SSSR count). The van der Waals surface area contributed by atoms with E-state index in [9.17, 15) is 4.79 Å². The van der Waals surface area contributed by atoms with Gasteiger partial charge in [0, 0.05) is 11.1 Å². The summed E-state index contributed by atoms with van der Waals surface area (Å²) in [7, 11) is 1.57. The maximum Gasteiger partial charge on any atom is 0.237 e. The molecule has 1 unspecified atom stereocenters. The van der Waals surface area contributed by atoms with Gasteiger partial charge in [0.15, 0.2) is 6.29 Å². The molecule has 1 saturated heterocycles. The number of halogens is 1. The molecule has 7 heteroatoms. The molecule has 1 atom stereocenters. The monoisotopic (exact) mass is 270 g/mol. The van der Waals surface area contributed by atoms with E-state index in [0.29, 0.717) is 10.8 Å². The van der Waals surface area contributed by atoms with E-state index in [-0.39, 0.29) is 12.5 Å². The standard InChI is InChI=1S/C11H15ClN4O2/c1-6-3-8(9(18-2)4-7(6)12)14-11-15-10(17)5-13-16-11/h3-4,11,13-14,16H,5H2,1-2H3,(H,15,17). The highest BCUT2D eigenvalue weighted by Gasteiger charge is 2.18. The third-order valence-corrected chi connectivity index (χ3v) is 2.99. The Morgan fingerprint density at radius 1 is 1.50 bits per heavy atom. The second-order valence-corrected chi connectivity index (χ2v) is 4.35. The normalized spacial score (nSPS) is 19.3. The fourth-order valence-electron chi connectivity index (χ4n) is 1.65. The van der Waals surface area contributed by atoms with Gasteiger partial charge in [0.25, 0.3) is 0 Å². The molecule has 1 fully saturated rings. The summed E-state index contributed by atoms with van der Waals surface area (Å²) in [6.07, 6.45) is -0.402. The molecule has 0 spiro atoms. The minimum absolute atomic E-state index is 0.0871. The molecule has 6 nitrogen and oxygen atoms in total. The molecule has 1 aromatic carbocycles. The van der Waals surface area contributed by atoms with Crippen LogP contribution in [0, 0.1) is 6.92 Å². The number of carbonyl (C=O) groups excluding carboxylic acids is 1. The van der Waals surface area contributed by atoms with Crippen molar-refractivity contribution in [2.75, 3.05) is 19.0 Å². The number of carbonyl (C=O) groups is 1. The van der Waals surface area contributed by atoms with E-state index < -0.39 is 6.29 Å². The Bertz CT molecular complexity index is 467. The van der Waals surface area contributed by atoms with Crippen molar-refractivity contribution in [3.63, 3.8) is 0 Å². The van der Waals surface area contributed by atoms with Crippen LogP contribution in [0.15, 0.2) is 12.1 Å². The molecule has 1 amide bonds. The van der Waals surface area contributed by atoms with Crippen molar-refractivity contribution in [3.8, 4) is 5.75 Å². The zero-order valence-corrected chi connectivity index (χ0v) is 10.9. The highest BCUT2D eigenvalue weighted by molar-refractivity contribution is 6.31. The summed E-state index contributed by atoms with van der Waals surface area (Å²) in [5.74, 6) is 0.531. The Kier molecular flexibility index (Phi) is 3.90. The Balaban J connectivity index is 2.17. The fourth-order valence-corrected chi connectivity index (χ4v) is 1.81. The van der Waals surface area contributed by atoms with Gasteiger partial charge in [-0.15, -0.1) is 0 Å². The predicted molar refractivity (Wildman–Crippen MR) is 69.4 cm³/mol. The van der Waals surface area contributed by atoms with Crippen LogP contribution < -0.4 is 26.2 Å². The van der Waals surface area contributed by atoms with Gasteiger partial charge in [0.2, 0.25) is 5.91 Å². The van der Waals surface area contributed by atoms with Crippen molar-refractivity contribution in [1.29, 1.82) is 0 Å². The molecule has 1 aromatic rings. The molecule has 0 aromatic heterocycles. The van der Waals surface area contributed by atoms with Gasteiger partial charge in [0.05, 0.1) is 19.3 Å². The highest BCUT2D eigenvalue weighted by Crippen LogP contribution is 2.31. The number of hydrogen-bond donors (Lipinski definition) is 4. The number of methoxy groups -OCH3 is 1. The second kappa shape index (κ2) is 5.43. The van der Waals surface area contributed by atoms with Crippen LogP contribution in [0.2, 0.25) is 5.02 Å². The van der Waals surface area contributed by atoms with E-state index in [0.717, 1.165) is 11.3 Å². The van der Waals surface area contributed by atoms with Gasteiger partial charge in [-0.05, 0) is 18.6 Å². The molecular weight excluding hydrogens is 256 g/mol. The zero-order valence-electron chi connectivity index (χ0n) is 10.1. The summed E-state index contributed by atoms with van der Waals surface area (Å²) < 4.78 is 5.24. The quantitative estimate of drug-likeness (QED) is 0.647. The van der Waals surface area contributed by atoms with Crippen LogP contribution in [-0.4, -0.2) is 25.9 Å². The number of benzene rings is 1. The lowest BCUT2D eigenvalue weighted by Gasteiger charge is -2.27. The lowest BCUT2D eigenvalue weighted by molar-refractivity contribution is -0.122. The van der Waals surface area contributed by atoms with Crippen molar-refractivity contribution >= 4 is 23.2 Å². The largest absolute Gasteiger partial charge is 0.495 e. The van der Waals surface area contributed by atoms with E-state index in [1.54, 1.807) is 13.2 Å². The summed E-state index contributed by atoms with van der Waals surface area (Å²) >= 11 is 6.03. The van der Waals surface area contributed by atoms with Crippen LogP contribution >= 0.6 is 11.6 Å². The molecule has 0 radical (unpaired) electrons. The third kappa shape index (κ3) is 2.84. The van der Waals surface area contributed by atoms with E-state index in [2.05, 4.69) is 21.5 Å². The number of hydrazine groups is 1. The van der Waals surface area contributed by atoms with Crippen molar-refractivity contribution in [2.45, 2.75) is 13.2 Å². The molecule has 0 bridgehead atoms. The minimum atomic E-state index is -0.402. The average Bonchev–Trinajstić information content (AvgIpc) is 2.33. The predicted octanol–water partition coefficient (Wildman–Crippen LogP) is 0.577. The Labute approximate surface area is 110 Å². The van der Waals surface area contributed by atoms with E-state index in [1.165, 1.54) is 0 Å². The van der Waals surface area contributed by atoms with Crippen molar-refractivity contribution in [3.05, 3.63) is 22.7 Å². The highest BCUT2D eigenvalue weighted by atomic mass is 35.5. The molecule has 4 N–H and O–H groups in total. The van der Waals surface area contributed by atoms with Gasteiger partial charge < -0.3 is 15.4 Å². The number of aryl methyl sites for hydroxylation is 1. The van der Waals surface area contributed by atoms with Crippen LogP contribution in [0.3, 0.4) is 0 Å². The number of amides is 1. The van der Waals surface area contributed by atoms with Crippen molar-refractivity contribution < 1.29 is 9.53 Å². The number of nitrogens with one attached hydrogen (secondary N) is 4. The van der Waals surface area contributed by atoms with E-state index in [1.807, 2.05) is 13.0 Å². The third-order valence-electron chi connectivity index (χ3n) is 2.58. The Morgan fingerprint density at radius 3 is 2.94 bits per heavy atom. The van der Waals surface area contributed by atoms with Crippen molar-refractivity contribution in [1.82, 2.24) is 16.2 Å². The molecule has 1 heterocycles. The average molecular weight is 271 g/mol. The number of rotatable bonds is 3. The second-order valence-electron chi connectivity index (χ2n) is 3.94. The first-order valence-electron chi connectivity index (χ1n) is 5.48. The summed E-state index contributed by atoms with van der Waals surface area (Å²) in [4.78, 5) is 11.2. The van der Waals surface area contributed by atoms with Crippen LogP contribution in [0.5, 0.6) is 5.75 Å². The topological polar surface area (TPSA) is 74.4 Å². The van der Waals surface area contributed by atoms with Gasteiger partial charge >= 0.3 is 0 Å². The summed E-state index contributed by atoms with van der Waals surface area (Å²) in [5, 5.41) is 6.48. The molecular formula is C11H15ClN4O2. The Morgan fingerprint density at radius 2 is 2.28 bits per heavy atom. The van der Waals surface area contributed by atoms with Crippen LogP contribution in [0.25, 0.3) is 0 Å². The van der Waals surface area contributed by atoms with Gasteiger partial charge in [-0.3, -0.25) is 4.79 Å². The molecule has 0 aliphatic carbocycles. The first-order chi connectivity index (χ1) is 8.60. The lowest BCUT2D eigenvalue weighted by Crippen LogP contribution is -2.63. The smallest absolute Gasteiger partial charge is 0.237 e. The van der Waals surface area contributed by atoms with Gasteiger partial charge in [-0.25, -0.2) is 10.9 Å². The molecule has 18 heavy (non-hydrogen) atoms. The minimum Gasteiger partial charge on any atom is -0.495 e. The maximum atomic E-state index is 11.2. The van der Waals surface area contributed by atoms with Crippen LogP contribution in [-0.2, 0) is 4.79 Å². The molecule has 0 saturated carbocycles. The van der Waals surface area contributed by atoms with Gasteiger partial charge in [-0.1, -0.05) is 11.6 Å². The number of anilines is 1. The first kappa shape index (κ1) is 12.9. The SMILES string of the molecule is COc1cc(Cl)c(C)cc1NC1NNCC(=O)N1. The molecule has 98 valence electrons. The van der Waals surface area contributed by atoms with Crippen LogP contribution in [0.4, 0.5) is 5.69 Å². The summed E-state index contributed by atoms with van der Waals surface area (Å²) in [5.41, 5.74) is 7.36. The maximum absolute atomic E-state index is 11.2. The van der Waals surface area contributed by atoms with E-state index in [4.69, 9.17) is 16.3 Å². The number of hydrogen-bond acceptors (Lipinski definition) is 5. The lowest BCUT2D eigenvalue weighted by atomic mass is 10.2. The summed E-state index contributed by atoms with van der Waals surface area (Å²) in [6.45, 7) is 2.15. The fraction of sp³-hybridized carbons (Fsp3) is 0.364. The first-order valence-corrected chi connectivity index (χ1v) is 5.86. The zero-order chi connectivity index (χ0) is 13.1. The number of ether oxygens (including phenoxy) is 1. The molecule has 1 aliphatic heterocycles. The van der Waals surface area contributed by atoms with E-state index >= 15 is 0 Å². The van der Waals surface area contributed by atoms with Crippen molar-refractivity contribution in [2.24, 2.45) is 0 Å².